The summed E-state index contributed by atoms with van der Waals surface area (Å²) in [5, 5.41) is 8.75. The molecule has 0 aliphatic carbocycles. The van der Waals surface area contributed by atoms with Gasteiger partial charge in [-0.3, -0.25) is 4.98 Å². The third kappa shape index (κ3) is 2.95. The number of hydrogen-bond donors (Lipinski definition) is 0. The normalized spacial score (nSPS) is 11.6. The summed E-state index contributed by atoms with van der Waals surface area (Å²) < 4.78 is 40.4. The monoisotopic (exact) mass is 348 g/mol. The van der Waals surface area contributed by atoms with E-state index in [1.165, 1.54) is 17.8 Å². The van der Waals surface area contributed by atoms with Crippen LogP contribution in [-0.2, 0) is 13.2 Å². The van der Waals surface area contributed by atoms with Crippen LogP contribution in [0.2, 0.25) is 0 Å². The number of benzene rings is 1. The van der Waals surface area contributed by atoms with E-state index in [4.69, 9.17) is 5.26 Å². The van der Waals surface area contributed by atoms with Gasteiger partial charge >= 0.3 is 6.18 Å². The second-order valence-corrected chi connectivity index (χ2v) is 6.03. The zero-order valence-corrected chi connectivity index (χ0v) is 13.3. The average Bonchev–Trinajstić information content (AvgIpc) is 2.89. The Morgan fingerprint density at radius 2 is 2.08 bits per heavy atom. The number of nitriles is 1. The fraction of sp³-hybridized carbons (Fsp3) is 0.188. The van der Waals surface area contributed by atoms with Gasteiger partial charge in [-0.25, -0.2) is 4.98 Å². The van der Waals surface area contributed by atoms with Crippen molar-refractivity contribution in [2.45, 2.75) is 11.1 Å². The van der Waals surface area contributed by atoms with Crippen LogP contribution in [0, 0.1) is 11.3 Å². The maximum Gasteiger partial charge on any atom is 0.416 e. The summed E-state index contributed by atoms with van der Waals surface area (Å²) in [5.41, 5.74) is 0.882. The lowest BCUT2D eigenvalue weighted by molar-refractivity contribution is -0.137. The minimum atomic E-state index is -4.41. The quantitative estimate of drug-likeness (QED) is 0.663. The van der Waals surface area contributed by atoms with Crippen LogP contribution in [0.1, 0.15) is 5.56 Å². The van der Waals surface area contributed by atoms with Gasteiger partial charge in [-0.05, 0) is 24.3 Å². The topological polar surface area (TPSA) is 54.5 Å². The summed E-state index contributed by atoms with van der Waals surface area (Å²) in [7, 11) is 1.75. The molecule has 3 rings (SSSR count). The zero-order chi connectivity index (χ0) is 17.3. The van der Waals surface area contributed by atoms with Crippen LogP contribution in [0.4, 0.5) is 13.2 Å². The summed E-state index contributed by atoms with van der Waals surface area (Å²) in [4.78, 5) is 9.16. The van der Waals surface area contributed by atoms with Gasteiger partial charge in [-0.1, -0.05) is 0 Å². The van der Waals surface area contributed by atoms with Gasteiger partial charge in [0.25, 0.3) is 0 Å². The molecule has 0 spiro atoms. The van der Waals surface area contributed by atoms with E-state index in [1.54, 1.807) is 30.1 Å². The SMILES string of the molecule is Cn1c(-c2ccncc2SCC#N)nc2cc(C(F)(F)F)ccc21. The lowest BCUT2D eigenvalue weighted by Crippen LogP contribution is -2.04. The van der Waals surface area contributed by atoms with Gasteiger partial charge in [-0.2, -0.15) is 18.4 Å². The second-order valence-electron chi connectivity index (χ2n) is 5.01. The van der Waals surface area contributed by atoms with Gasteiger partial charge in [0.1, 0.15) is 5.82 Å². The highest BCUT2D eigenvalue weighted by Crippen LogP contribution is 2.34. The Balaban J connectivity index is 2.15. The Morgan fingerprint density at radius 1 is 1.29 bits per heavy atom. The van der Waals surface area contributed by atoms with E-state index in [0.29, 0.717) is 11.3 Å². The van der Waals surface area contributed by atoms with Gasteiger partial charge in [0.15, 0.2) is 0 Å². The van der Waals surface area contributed by atoms with Crippen molar-refractivity contribution in [1.82, 2.24) is 14.5 Å². The molecule has 1 aromatic carbocycles. The molecule has 24 heavy (non-hydrogen) atoms. The molecule has 0 N–H and O–H groups in total. The number of aromatic nitrogens is 3. The first kappa shape index (κ1) is 16.3. The molecule has 0 fully saturated rings. The van der Waals surface area contributed by atoms with Crippen LogP contribution in [0.15, 0.2) is 41.6 Å². The Kier molecular flexibility index (Phi) is 4.20. The largest absolute Gasteiger partial charge is 0.416 e. The van der Waals surface area contributed by atoms with E-state index < -0.39 is 11.7 Å². The summed E-state index contributed by atoms with van der Waals surface area (Å²) in [5.74, 6) is 0.785. The predicted octanol–water partition coefficient (Wildman–Crippen LogP) is 4.27. The molecular formula is C16H11F3N4S. The molecule has 0 saturated carbocycles. The molecule has 0 aliphatic rings. The number of pyridine rings is 1. The van der Waals surface area contributed by atoms with Gasteiger partial charge < -0.3 is 4.57 Å². The maximum absolute atomic E-state index is 12.9. The van der Waals surface area contributed by atoms with Crippen LogP contribution in [0.25, 0.3) is 22.4 Å². The van der Waals surface area contributed by atoms with E-state index in [9.17, 15) is 13.2 Å². The Bertz CT molecular complexity index is 941. The van der Waals surface area contributed by atoms with Gasteiger partial charge in [-0.15, -0.1) is 11.8 Å². The number of rotatable bonds is 3. The highest BCUT2D eigenvalue weighted by Gasteiger charge is 2.31. The van der Waals surface area contributed by atoms with Crippen molar-refractivity contribution >= 4 is 22.8 Å². The average molecular weight is 348 g/mol. The fourth-order valence-corrected chi connectivity index (χ4v) is 3.08. The molecule has 122 valence electrons. The summed E-state index contributed by atoms with van der Waals surface area (Å²) >= 11 is 1.31. The number of thioether (sulfide) groups is 1. The molecule has 2 heterocycles. The lowest BCUT2D eigenvalue weighted by atomic mass is 10.2. The molecule has 4 nitrogen and oxygen atoms in total. The number of fused-ring (bicyclic) bond motifs is 1. The van der Waals surface area contributed by atoms with E-state index in [1.807, 2.05) is 6.07 Å². The first-order chi connectivity index (χ1) is 11.4. The van der Waals surface area contributed by atoms with Crippen molar-refractivity contribution in [1.29, 1.82) is 5.26 Å². The maximum atomic E-state index is 12.9. The van der Waals surface area contributed by atoms with E-state index >= 15 is 0 Å². The third-order valence-corrected chi connectivity index (χ3v) is 4.44. The smallest absolute Gasteiger partial charge is 0.327 e. The van der Waals surface area contributed by atoms with Gasteiger partial charge in [0, 0.05) is 29.9 Å². The minimum Gasteiger partial charge on any atom is -0.327 e. The number of hydrogen-bond acceptors (Lipinski definition) is 4. The van der Waals surface area contributed by atoms with Crippen LogP contribution in [0.5, 0.6) is 0 Å². The van der Waals surface area contributed by atoms with Gasteiger partial charge in [0.2, 0.25) is 0 Å². The highest BCUT2D eigenvalue weighted by atomic mass is 32.2. The van der Waals surface area contributed by atoms with Gasteiger partial charge in [0.05, 0.1) is 28.4 Å². The summed E-state index contributed by atoms with van der Waals surface area (Å²) in [6.07, 6.45) is -1.19. The molecule has 0 aliphatic heterocycles. The van der Waals surface area contributed by atoms with E-state index in [2.05, 4.69) is 9.97 Å². The number of aryl methyl sites for hydroxylation is 1. The van der Waals surface area contributed by atoms with Crippen molar-refractivity contribution in [3.63, 3.8) is 0 Å². The van der Waals surface area contributed by atoms with Crippen molar-refractivity contribution in [3.8, 4) is 17.5 Å². The summed E-state index contributed by atoms with van der Waals surface area (Å²) in [6.45, 7) is 0. The standard InChI is InChI=1S/C16H11F3N4S/c1-23-13-3-2-10(16(17,18)19)8-12(13)22-15(23)11-4-6-21-9-14(11)24-7-5-20/h2-4,6,8-9H,7H2,1H3. The Labute approximate surface area is 140 Å². The van der Waals surface area contributed by atoms with Crippen molar-refractivity contribution in [2.24, 2.45) is 7.05 Å². The molecule has 2 aromatic heterocycles. The molecule has 3 aromatic rings. The molecule has 8 heteroatoms. The highest BCUT2D eigenvalue weighted by molar-refractivity contribution is 7.99. The second kappa shape index (κ2) is 6.17. The van der Waals surface area contributed by atoms with Crippen molar-refractivity contribution in [3.05, 3.63) is 42.2 Å². The number of alkyl halides is 3. The zero-order valence-electron chi connectivity index (χ0n) is 12.5. The van der Waals surface area contributed by atoms with Crippen LogP contribution in [0.3, 0.4) is 0 Å². The van der Waals surface area contributed by atoms with Crippen molar-refractivity contribution in [2.75, 3.05) is 5.75 Å². The van der Waals surface area contributed by atoms with Crippen LogP contribution < -0.4 is 0 Å². The van der Waals surface area contributed by atoms with Crippen molar-refractivity contribution < 1.29 is 13.2 Å². The van der Waals surface area contributed by atoms with E-state index in [0.717, 1.165) is 22.6 Å². The molecule has 0 bridgehead atoms. The molecule has 0 atom stereocenters. The summed E-state index contributed by atoms with van der Waals surface area (Å²) in [6, 6.07) is 7.29. The van der Waals surface area contributed by atoms with Crippen LogP contribution >= 0.6 is 11.8 Å². The first-order valence-electron chi connectivity index (χ1n) is 6.89. The molecular weight excluding hydrogens is 337 g/mol. The number of nitrogens with zero attached hydrogens (tertiary/aromatic N) is 4. The fourth-order valence-electron chi connectivity index (χ4n) is 2.41. The molecule has 0 unspecified atom stereocenters. The first-order valence-corrected chi connectivity index (χ1v) is 7.88. The molecule has 0 amide bonds. The van der Waals surface area contributed by atoms with E-state index in [-0.39, 0.29) is 11.3 Å². The predicted molar refractivity (Wildman–Crippen MR) is 85.3 cm³/mol. The Hall–Kier alpha value is -2.53. The number of halogens is 3. The number of imidazole rings is 1. The Morgan fingerprint density at radius 3 is 2.79 bits per heavy atom. The molecule has 0 radical (unpaired) electrons. The molecule has 0 saturated heterocycles. The lowest BCUT2D eigenvalue weighted by Gasteiger charge is -2.07. The third-order valence-electron chi connectivity index (χ3n) is 3.53. The van der Waals surface area contributed by atoms with Crippen LogP contribution in [-0.4, -0.2) is 20.3 Å². The minimum absolute atomic E-state index is 0.251.